The molecule has 0 saturated carbocycles. The maximum absolute atomic E-state index is 11.5. The van der Waals surface area contributed by atoms with Gasteiger partial charge in [-0.3, -0.25) is 4.79 Å². The number of hydrogen-bond acceptors (Lipinski definition) is 3. The molecular weight excluding hydrogens is 258 g/mol. The number of ether oxygens (including phenoxy) is 1. The summed E-state index contributed by atoms with van der Waals surface area (Å²) in [6, 6.07) is 15.7. The number of methoxy groups -OCH3 is 1. The van der Waals surface area contributed by atoms with E-state index in [9.17, 15) is 4.79 Å². The van der Waals surface area contributed by atoms with E-state index in [1.54, 1.807) is 7.11 Å². The van der Waals surface area contributed by atoms with Gasteiger partial charge in [0, 0.05) is 0 Å². The van der Waals surface area contributed by atoms with Gasteiger partial charge in [0.05, 0.1) is 18.6 Å². The van der Waals surface area contributed by atoms with E-state index in [0.29, 0.717) is 11.4 Å². The molecule has 3 nitrogen and oxygen atoms in total. The Morgan fingerprint density at radius 3 is 2.53 bits per heavy atom. The van der Waals surface area contributed by atoms with Gasteiger partial charge in [0.1, 0.15) is 5.75 Å². The zero-order valence-corrected chi connectivity index (χ0v) is 11.5. The minimum Gasteiger partial charge on any atom is -0.495 e. The van der Waals surface area contributed by atoms with Crippen LogP contribution in [0.15, 0.2) is 48.5 Å². The average Bonchev–Trinajstić information content (AvgIpc) is 2.48. The van der Waals surface area contributed by atoms with Crippen LogP contribution in [0.25, 0.3) is 11.1 Å². The molecule has 0 heterocycles. The molecule has 1 N–H and O–H groups in total. The molecule has 2 aromatic rings. The van der Waals surface area contributed by atoms with E-state index in [1.807, 2.05) is 48.5 Å². The maximum atomic E-state index is 11.5. The SMILES string of the molecule is COc1ccc(-c2ccccc2)cc1NC(=O)CS. The van der Waals surface area contributed by atoms with Gasteiger partial charge < -0.3 is 10.1 Å². The molecular formula is C15H15NO2S. The number of hydrogen-bond donors (Lipinski definition) is 2. The highest BCUT2D eigenvalue weighted by molar-refractivity contribution is 7.81. The molecule has 0 spiro atoms. The minimum atomic E-state index is -0.160. The van der Waals surface area contributed by atoms with E-state index in [1.165, 1.54) is 0 Å². The lowest BCUT2D eigenvalue weighted by Gasteiger charge is -2.11. The van der Waals surface area contributed by atoms with Crippen LogP contribution in [-0.4, -0.2) is 18.8 Å². The summed E-state index contributed by atoms with van der Waals surface area (Å²) in [6.45, 7) is 0. The monoisotopic (exact) mass is 273 g/mol. The molecule has 0 aromatic heterocycles. The number of anilines is 1. The zero-order chi connectivity index (χ0) is 13.7. The Labute approximate surface area is 118 Å². The normalized spacial score (nSPS) is 10.0. The van der Waals surface area contributed by atoms with Crippen molar-refractivity contribution in [3.63, 3.8) is 0 Å². The third-order valence-electron chi connectivity index (χ3n) is 2.72. The van der Waals surface area contributed by atoms with Crippen molar-refractivity contribution < 1.29 is 9.53 Å². The molecule has 0 atom stereocenters. The molecule has 19 heavy (non-hydrogen) atoms. The van der Waals surface area contributed by atoms with E-state index in [-0.39, 0.29) is 11.7 Å². The van der Waals surface area contributed by atoms with Crippen molar-refractivity contribution in [3.05, 3.63) is 48.5 Å². The van der Waals surface area contributed by atoms with Crippen molar-refractivity contribution in [2.45, 2.75) is 0 Å². The van der Waals surface area contributed by atoms with Crippen molar-refractivity contribution in [1.29, 1.82) is 0 Å². The van der Waals surface area contributed by atoms with Crippen LogP contribution in [0.5, 0.6) is 5.75 Å². The first-order valence-corrected chi connectivity index (χ1v) is 6.52. The molecule has 0 aliphatic heterocycles. The highest BCUT2D eigenvalue weighted by atomic mass is 32.1. The molecule has 4 heteroatoms. The maximum Gasteiger partial charge on any atom is 0.234 e. The van der Waals surface area contributed by atoms with Crippen LogP contribution < -0.4 is 10.1 Å². The number of benzene rings is 2. The fourth-order valence-corrected chi connectivity index (χ4v) is 1.88. The van der Waals surface area contributed by atoms with E-state index in [2.05, 4.69) is 17.9 Å². The van der Waals surface area contributed by atoms with Gasteiger partial charge in [-0.2, -0.15) is 12.6 Å². The van der Waals surface area contributed by atoms with Crippen LogP contribution in [0, 0.1) is 0 Å². The van der Waals surface area contributed by atoms with Gasteiger partial charge in [-0.15, -0.1) is 0 Å². The van der Waals surface area contributed by atoms with Gasteiger partial charge >= 0.3 is 0 Å². The molecule has 2 aromatic carbocycles. The van der Waals surface area contributed by atoms with Gasteiger partial charge in [-0.05, 0) is 23.3 Å². The lowest BCUT2D eigenvalue weighted by Crippen LogP contribution is -2.13. The highest BCUT2D eigenvalue weighted by Crippen LogP contribution is 2.30. The number of thiol groups is 1. The molecule has 0 aliphatic rings. The molecule has 0 aliphatic carbocycles. The van der Waals surface area contributed by atoms with Crippen molar-refractivity contribution in [3.8, 4) is 16.9 Å². The van der Waals surface area contributed by atoms with Crippen molar-refractivity contribution >= 4 is 24.2 Å². The van der Waals surface area contributed by atoms with Gasteiger partial charge in [0.2, 0.25) is 5.91 Å². The van der Waals surface area contributed by atoms with Crippen LogP contribution in [0.4, 0.5) is 5.69 Å². The average molecular weight is 273 g/mol. The minimum absolute atomic E-state index is 0.138. The number of nitrogens with one attached hydrogen (secondary N) is 1. The summed E-state index contributed by atoms with van der Waals surface area (Å²) in [7, 11) is 1.58. The van der Waals surface area contributed by atoms with Crippen molar-refractivity contribution in [2.24, 2.45) is 0 Å². The highest BCUT2D eigenvalue weighted by Gasteiger charge is 2.08. The predicted molar refractivity (Wildman–Crippen MR) is 80.9 cm³/mol. The van der Waals surface area contributed by atoms with Crippen LogP contribution in [0.1, 0.15) is 0 Å². The first-order chi connectivity index (χ1) is 9.24. The molecule has 0 unspecified atom stereocenters. The second-order valence-corrected chi connectivity index (χ2v) is 4.30. The van der Waals surface area contributed by atoms with Gasteiger partial charge in [0.15, 0.2) is 0 Å². The second-order valence-electron chi connectivity index (χ2n) is 3.99. The smallest absolute Gasteiger partial charge is 0.234 e. The molecule has 98 valence electrons. The predicted octanol–water partition coefficient (Wildman–Crippen LogP) is 3.23. The largest absolute Gasteiger partial charge is 0.495 e. The molecule has 0 fully saturated rings. The molecule has 2 rings (SSSR count). The van der Waals surface area contributed by atoms with Gasteiger partial charge in [-0.25, -0.2) is 0 Å². The fourth-order valence-electron chi connectivity index (χ4n) is 1.81. The summed E-state index contributed by atoms with van der Waals surface area (Å²) >= 11 is 3.95. The molecule has 1 amide bonds. The Kier molecular flexibility index (Phi) is 4.47. The van der Waals surface area contributed by atoms with E-state index in [4.69, 9.17) is 4.74 Å². The van der Waals surface area contributed by atoms with Crippen LogP contribution in [-0.2, 0) is 4.79 Å². The fraction of sp³-hybridized carbons (Fsp3) is 0.133. The summed E-state index contributed by atoms with van der Waals surface area (Å²) in [5.74, 6) is 0.611. The topological polar surface area (TPSA) is 38.3 Å². The van der Waals surface area contributed by atoms with Crippen LogP contribution in [0.2, 0.25) is 0 Å². The summed E-state index contributed by atoms with van der Waals surface area (Å²) < 4.78 is 5.24. The summed E-state index contributed by atoms with van der Waals surface area (Å²) in [6.07, 6.45) is 0. The summed E-state index contributed by atoms with van der Waals surface area (Å²) in [5, 5.41) is 2.78. The lowest BCUT2D eigenvalue weighted by molar-refractivity contribution is -0.113. The number of carbonyl (C=O) groups is 1. The van der Waals surface area contributed by atoms with Gasteiger partial charge in [-0.1, -0.05) is 36.4 Å². The second kappa shape index (κ2) is 6.29. The summed E-state index contributed by atoms with van der Waals surface area (Å²) in [4.78, 5) is 11.5. The first-order valence-electron chi connectivity index (χ1n) is 5.88. The lowest BCUT2D eigenvalue weighted by atomic mass is 10.0. The Balaban J connectivity index is 2.38. The Morgan fingerprint density at radius 1 is 1.16 bits per heavy atom. The number of amides is 1. The van der Waals surface area contributed by atoms with Crippen molar-refractivity contribution in [1.82, 2.24) is 0 Å². The van der Waals surface area contributed by atoms with Crippen molar-refractivity contribution in [2.75, 3.05) is 18.2 Å². The van der Waals surface area contributed by atoms with Crippen LogP contribution in [0.3, 0.4) is 0 Å². The zero-order valence-electron chi connectivity index (χ0n) is 10.6. The molecule has 0 saturated heterocycles. The third kappa shape index (κ3) is 3.29. The van der Waals surface area contributed by atoms with E-state index in [0.717, 1.165) is 11.1 Å². The quantitative estimate of drug-likeness (QED) is 0.839. The standard InChI is InChI=1S/C15H15NO2S/c1-18-14-8-7-12(11-5-3-2-4-6-11)9-13(14)16-15(17)10-19/h2-9,19H,10H2,1H3,(H,16,17). The molecule has 0 radical (unpaired) electrons. The van der Waals surface area contributed by atoms with E-state index < -0.39 is 0 Å². The first kappa shape index (κ1) is 13.5. The third-order valence-corrected chi connectivity index (χ3v) is 3.01. The number of carbonyl (C=O) groups excluding carboxylic acids is 1. The van der Waals surface area contributed by atoms with Gasteiger partial charge in [0.25, 0.3) is 0 Å². The van der Waals surface area contributed by atoms with Crippen LogP contribution >= 0.6 is 12.6 Å². The molecule has 0 bridgehead atoms. The Bertz CT molecular complexity index is 570. The Morgan fingerprint density at radius 2 is 1.89 bits per heavy atom. The van der Waals surface area contributed by atoms with E-state index >= 15 is 0 Å². The number of rotatable bonds is 4. The summed E-state index contributed by atoms with van der Waals surface area (Å²) in [5.41, 5.74) is 2.77. The Hall–Kier alpha value is -1.94.